The minimum absolute atomic E-state index is 0.0359. The fourth-order valence-electron chi connectivity index (χ4n) is 3.84. The van der Waals surface area contributed by atoms with Gasteiger partial charge in [0.15, 0.2) is 5.82 Å². The standard InChI is InChI=1S/C16H15ClFN3O/c1-20-12(6-9-19-20)21-14-10(4-5-11(17)13(14)18)16(15(21)22)7-2-3-8-16/h4-6,9H,2-3,7-8H2,1H3. The fourth-order valence-corrected chi connectivity index (χ4v) is 3.99. The normalized spacial score (nSPS) is 19.2. The minimum Gasteiger partial charge on any atom is -0.273 e. The van der Waals surface area contributed by atoms with Gasteiger partial charge >= 0.3 is 0 Å². The van der Waals surface area contributed by atoms with Gasteiger partial charge in [-0.3, -0.25) is 14.4 Å². The average Bonchev–Trinajstić information content (AvgIpc) is 3.18. The number of fused-ring (bicyclic) bond motifs is 2. The van der Waals surface area contributed by atoms with Crippen LogP contribution < -0.4 is 4.90 Å². The molecule has 0 atom stereocenters. The summed E-state index contributed by atoms with van der Waals surface area (Å²) < 4.78 is 16.3. The van der Waals surface area contributed by atoms with Crippen molar-refractivity contribution in [2.45, 2.75) is 31.1 Å². The van der Waals surface area contributed by atoms with E-state index in [-0.39, 0.29) is 10.9 Å². The van der Waals surface area contributed by atoms with E-state index in [0.29, 0.717) is 11.5 Å². The minimum atomic E-state index is -0.606. The molecule has 2 heterocycles. The number of hydrogen-bond donors (Lipinski definition) is 0. The highest BCUT2D eigenvalue weighted by atomic mass is 35.5. The van der Waals surface area contributed by atoms with Crippen LogP contribution in [0.2, 0.25) is 5.02 Å². The lowest BCUT2D eigenvalue weighted by atomic mass is 9.80. The van der Waals surface area contributed by atoms with Gasteiger partial charge in [0.2, 0.25) is 5.91 Å². The Labute approximate surface area is 132 Å². The van der Waals surface area contributed by atoms with Crippen molar-refractivity contribution in [2.24, 2.45) is 7.05 Å². The zero-order valence-corrected chi connectivity index (χ0v) is 12.9. The lowest BCUT2D eigenvalue weighted by molar-refractivity contribution is -0.122. The van der Waals surface area contributed by atoms with Crippen LogP contribution in [0.3, 0.4) is 0 Å². The Hall–Kier alpha value is -1.88. The van der Waals surface area contributed by atoms with E-state index in [1.165, 1.54) is 4.90 Å². The van der Waals surface area contributed by atoms with Crippen LogP contribution >= 0.6 is 11.6 Å². The van der Waals surface area contributed by atoms with Crippen molar-refractivity contribution in [1.82, 2.24) is 9.78 Å². The number of benzene rings is 1. The van der Waals surface area contributed by atoms with Crippen molar-refractivity contribution in [3.05, 3.63) is 40.8 Å². The highest BCUT2D eigenvalue weighted by Gasteiger charge is 2.54. The number of rotatable bonds is 1. The van der Waals surface area contributed by atoms with Crippen molar-refractivity contribution in [3.8, 4) is 0 Å². The highest BCUT2D eigenvalue weighted by molar-refractivity contribution is 6.31. The predicted octanol–water partition coefficient (Wildman–Crippen LogP) is 3.70. The number of amides is 1. The summed E-state index contributed by atoms with van der Waals surface area (Å²) in [6, 6.07) is 5.08. The first-order valence-electron chi connectivity index (χ1n) is 7.37. The van der Waals surface area contributed by atoms with E-state index in [0.717, 1.165) is 31.2 Å². The molecule has 1 fully saturated rings. The van der Waals surface area contributed by atoms with Gasteiger partial charge in [-0.15, -0.1) is 0 Å². The van der Waals surface area contributed by atoms with Crippen molar-refractivity contribution >= 4 is 29.0 Å². The van der Waals surface area contributed by atoms with Gasteiger partial charge in [-0.2, -0.15) is 5.10 Å². The summed E-state index contributed by atoms with van der Waals surface area (Å²) in [6.07, 6.45) is 5.08. The molecule has 0 radical (unpaired) electrons. The molecule has 114 valence electrons. The number of nitrogens with zero attached hydrogens (tertiary/aromatic N) is 3. The van der Waals surface area contributed by atoms with Gasteiger partial charge in [-0.1, -0.05) is 30.5 Å². The molecule has 1 aliphatic heterocycles. The molecule has 0 saturated heterocycles. The van der Waals surface area contributed by atoms with E-state index in [9.17, 15) is 9.18 Å². The molecule has 6 heteroatoms. The topological polar surface area (TPSA) is 38.1 Å². The number of carbonyl (C=O) groups is 1. The lowest BCUT2D eigenvalue weighted by Crippen LogP contribution is -2.36. The maximum atomic E-state index is 14.7. The van der Waals surface area contributed by atoms with Gasteiger partial charge in [0.25, 0.3) is 0 Å². The Morgan fingerprint density at radius 1 is 1.27 bits per heavy atom. The van der Waals surface area contributed by atoms with Crippen LogP contribution in [0.25, 0.3) is 0 Å². The summed E-state index contributed by atoms with van der Waals surface area (Å²) >= 11 is 5.97. The Bertz CT molecular complexity index is 780. The lowest BCUT2D eigenvalue weighted by Gasteiger charge is -2.23. The molecule has 2 aromatic rings. The van der Waals surface area contributed by atoms with E-state index in [2.05, 4.69) is 5.10 Å². The van der Waals surface area contributed by atoms with Crippen LogP contribution in [0.15, 0.2) is 24.4 Å². The summed E-state index contributed by atoms with van der Waals surface area (Å²) in [7, 11) is 1.74. The van der Waals surface area contributed by atoms with Crippen molar-refractivity contribution < 1.29 is 9.18 Å². The number of aromatic nitrogens is 2. The van der Waals surface area contributed by atoms with Gasteiger partial charge in [-0.25, -0.2) is 4.39 Å². The van der Waals surface area contributed by atoms with Crippen molar-refractivity contribution in [2.75, 3.05) is 4.90 Å². The largest absolute Gasteiger partial charge is 0.273 e. The zero-order valence-electron chi connectivity index (χ0n) is 12.1. The van der Waals surface area contributed by atoms with E-state index >= 15 is 0 Å². The first-order chi connectivity index (χ1) is 10.6. The van der Waals surface area contributed by atoms with Crippen molar-refractivity contribution in [1.29, 1.82) is 0 Å². The van der Waals surface area contributed by atoms with Gasteiger partial charge in [-0.05, 0) is 24.5 Å². The second kappa shape index (κ2) is 4.56. The Balaban J connectivity index is 2.01. The summed E-state index contributed by atoms with van der Waals surface area (Å²) in [4.78, 5) is 14.6. The summed E-state index contributed by atoms with van der Waals surface area (Å²) in [5.41, 5.74) is 0.450. The Morgan fingerprint density at radius 2 is 2.00 bits per heavy atom. The second-order valence-electron chi connectivity index (χ2n) is 6.00. The number of aryl methyl sites for hydroxylation is 1. The number of anilines is 2. The van der Waals surface area contributed by atoms with Crippen LogP contribution in [0.5, 0.6) is 0 Å². The van der Waals surface area contributed by atoms with Crippen LogP contribution in [0.1, 0.15) is 31.2 Å². The summed E-state index contributed by atoms with van der Waals surface area (Å²) in [6.45, 7) is 0. The molecule has 1 saturated carbocycles. The maximum Gasteiger partial charge on any atom is 0.243 e. The number of halogens is 2. The first kappa shape index (κ1) is 13.8. The molecule has 0 N–H and O–H groups in total. The quantitative estimate of drug-likeness (QED) is 0.803. The van der Waals surface area contributed by atoms with Gasteiger partial charge in [0, 0.05) is 13.1 Å². The number of hydrogen-bond acceptors (Lipinski definition) is 2. The van der Waals surface area contributed by atoms with Crippen LogP contribution in [0, 0.1) is 5.82 Å². The zero-order chi connectivity index (χ0) is 15.5. The average molecular weight is 320 g/mol. The molecule has 1 aromatic heterocycles. The molecule has 1 amide bonds. The molecule has 0 bridgehead atoms. The third kappa shape index (κ3) is 1.57. The molecule has 22 heavy (non-hydrogen) atoms. The molecule has 2 aliphatic rings. The SMILES string of the molecule is Cn1nccc1N1C(=O)C2(CCCC2)c2ccc(Cl)c(F)c21. The molecule has 0 unspecified atom stereocenters. The fraction of sp³-hybridized carbons (Fsp3) is 0.375. The van der Waals surface area contributed by atoms with E-state index in [1.54, 1.807) is 36.1 Å². The highest BCUT2D eigenvalue weighted by Crippen LogP contribution is 2.54. The van der Waals surface area contributed by atoms with Gasteiger partial charge in [0.1, 0.15) is 5.82 Å². The van der Waals surface area contributed by atoms with E-state index in [1.807, 2.05) is 0 Å². The van der Waals surface area contributed by atoms with E-state index < -0.39 is 11.2 Å². The predicted molar refractivity (Wildman–Crippen MR) is 81.9 cm³/mol. The third-order valence-electron chi connectivity index (χ3n) is 4.90. The smallest absolute Gasteiger partial charge is 0.243 e. The van der Waals surface area contributed by atoms with E-state index in [4.69, 9.17) is 11.6 Å². The molecule has 1 aliphatic carbocycles. The monoisotopic (exact) mass is 319 g/mol. The molecule has 1 spiro atoms. The molecular weight excluding hydrogens is 305 g/mol. The third-order valence-corrected chi connectivity index (χ3v) is 5.19. The first-order valence-corrected chi connectivity index (χ1v) is 7.75. The molecule has 4 rings (SSSR count). The maximum absolute atomic E-state index is 14.7. The van der Waals surface area contributed by atoms with Crippen LogP contribution in [0.4, 0.5) is 15.9 Å². The molecule has 1 aromatic carbocycles. The van der Waals surface area contributed by atoms with Gasteiger partial charge in [0.05, 0.1) is 22.3 Å². The molecular formula is C16H15ClFN3O. The number of carbonyl (C=O) groups excluding carboxylic acids is 1. The summed E-state index contributed by atoms with van der Waals surface area (Å²) in [5.74, 6) is -0.0292. The van der Waals surface area contributed by atoms with Crippen LogP contribution in [-0.4, -0.2) is 15.7 Å². The van der Waals surface area contributed by atoms with Gasteiger partial charge < -0.3 is 0 Å². The Kier molecular flexibility index (Phi) is 2.85. The second-order valence-corrected chi connectivity index (χ2v) is 6.41. The Morgan fingerprint density at radius 3 is 2.64 bits per heavy atom. The molecule has 4 nitrogen and oxygen atoms in total. The van der Waals surface area contributed by atoms with Crippen LogP contribution in [-0.2, 0) is 17.3 Å². The summed E-state index contributed by atoms with van der Waals surface area (Å²) in [5, 5.41) is 4.14. The van der Waals surface area contributed by atoms with Crippen molar-refractivity contribution in [3.63, 3.8) is 0 Å².